The Morgan fingerprint density at radius 1 is 1.19 bits per heavy atom. The number of carbonyl (C=O) groups is 1. The van der Waals surface area contributed by atoms with Gasteiger partial charge in [0.2, 0.25) is 11.8 Å². The number of nitrogens with zero attached hydrogens (tertiary/aromatic N) is 2. The van der Waals surface area contributed by atoms with Crippen LogP contribution in [0.1, 0.15) is 30.7 Å². The van der Waals surface area contributed by atoms with Gasteiger partial charge in [-0.1, -0.05) is 18.2 Å². The van der Waals surface area contributed by atoms with Crippen molar-refractivity contribution in [3.8, 4) is 11.5 Å². The first kappa shape index (κ1) is 21.7. The molecular weight excluding hydrogens is 385 g/mol. The van der Waals surface area contributed by atoms with Gasteiger partial charge in [-0.25, -0.2) is 4.98 Å². The maximum atomic E-state index is 12.7. The Morgan fingerprint density at radius 2 is 1.89 bits per heavy atom. The highest BCUT2D eigenvalue weighted by molar-refractivity contribution is 5.85. The number of likely N-dealkylation sites (tertiary alicyclic amines) is 1. The molecule has 0 atom stereocenters. The van der Waals surface area contributed by atoms with E-state index in [0.29, 0.717) is 17.7 Å². The lowest BCUT2D eigenvalue weighted by Gasteiger charge is -2.38. The molecule has 0 saturated carbocycles. The summed E-state index contributed by atoms with van der Waals surface area (Å²) in [5, 5.41) is 3.47. The zero-order valence-corrected chi connectivity index (χ0v) is 17.2. The van der Waals surface area contributed by atoms with E-state index in [1.165, 1.54) is 6.42 Å². The normalized spacial score (nSPS) is 18.0. The molecule has 2 fully saturated rings. The van der Waals surface area contributed by atoms with Gasteiger partial charge in [-0.2, -0.15) is 0 Å². The quantitative estimate of drug-likeness (QED) is 0.837. The predicted molar refractivity (Wildman–Crippen MR) is 111 cm³/mol. The number of carbonyl (C=O) groups excluding carboxylic acids is 1. The largest absolute Gasteiger partial charge is 0.441 e. The monoisotopic (exact) mass is 411 g/mol. The van der Waals surface area contributed by atoms with Gasteiger partial charge < -0.3 is 14.6 Å². The van der Waals surface area contributed by atoms with Crippen molar-refractivity contribution in [3.63, 3.8) is 0 Å². The fraction of sp³-hybridized carbons (Fsp3) is 0.500. The Labute approximate surface area is 172 Å². The molecule has 1 spiro atoms. The van der Waals surface area contributed by atoms with Crippen molar-refractivity contribution in [2.75, 3.05) is 26.2 Å². The highest BCUT2D eigenvalue weighted by Gasteiger charge is 2.38. The van der Waals surface area contributed by atoms with Gasteiger partial charge in [0.05, 0.1) is 12.1 Å². The number of aryl methyl sites for hydroxylation is 1. The summed E-state index contributed by atoms with van der Waals surface area (Å²) >= 11 is 0. The first-order chi connectivity index (χ1) is 12.2. The lowest BCUT2D eigenvalue weighted by atomic mass is 9.78. The van der Waals surface area contributed by atoms with E-state index in [4.69, 9.17) is 4.42 Å². The van der Waals surface area contributed by atoms with E-state index >= 15 is 0 Å². The number of hydrogen-bond acceptors (Lipinski definition) is 4. The van der Waals surface area contributed by atoms with Crippen molar-refractivity contribution in [1.82, 2.24) is 15.2 Å². The average molecular weight is 412 g/mol. The van der Waals surface area contributed by atoms with Gasteiger partial charge in [0.25, 0.3) is 0 Å². The number of oxazole rings is 1. The molecule has 7 heteroatoms. The molecule has 0 bridgehead atoms. The fourth-order valence-corrected chi connectivity index (χ4v) is 4.00. The SMILES string of the molecule is Cc1oc(-c2ccccc2)nc1CC(=O)N1CCC2(CCNC2)CC1.Cl.Cl. The van der Waals surface area contributed by atoms with Gasteiger partial charge in [-0.3, -0.25) is 4.79 Å². The molecule has 5 nitrogen and oxygen atoms in total. The highest BCUT2D eigenvalue weighted by atomic mass is 35.5. The minimum absolute atomic E-state index is 0. The topological polar surface area (TPSA) is 58.4 Å². The standard InChI is InChI=1S/C20H25N3O2.2ClH/c1-15-17(22-19(25-15)16-5-3-2-4-6-16)13-18(24)23-11-8-20(9-12-23)7-10-21-14-20;;/h2-6,21H,7-14H2,1H3;2*1H. The van der Waals surface area contributed by atoms with Crippen LogP contribution in [0.5, 0.6) is 0 Å². The molecule has 0 radical (unpaired) electrons. The average Bonchev–Trinajstić information content (AvgIpc) is 3.24. The number of halogens is 2. The number of amides is 1. The van der Waals surface area contributed by atoms with Crippen molar-refractivity contribution in [2.45, 2.75) is 32.6 Å². The van der Waals surface area contributed by atoms with Crippen molar-refractivity contribution in [3.05, 3.63) is 41.8 Å². The minimum Gasteiger partial charge on any atom is -0.441 e. The summed E-state index contributed by atoms with van der Waals surface area (Å²) in [7, 11) is 0. The van der Waals surface area contributed by atoms with Crippen LogP contribution in [-0.4, -0.2) is 42.0 Å². The van der Waals surface area contributed by atoms with E-state index < -0.39 is 0 Å². The molecule has 0 aliphatic carbocycles. The third-order valence-corrected chi connectivity index (χ3v) is 5.74. The molecule has 1 aromatic carbocycles. The Hall–Kier alpha value is -1.56. The Morgan fingerprint density at radius 3 is 2.52 bits per heavy atom. The van der Waals surface area contributed by atoms with E-state index in [1.54, 1.807) is 0 Å². The van der Waals surface area contributed by atoms with E-state index in [0.717, 1.165) is 56.0 Å². The van der Waals surface area contributed by atoms with E-state index in [1.807, 2.05) is 42.2 Å². The zero-order chi connectivity index (χ0) is 17.3. The molecule has 2 saturated heterocycles. The van der Waals surface area contributed by atoms with E-state index in [-0.39, 0.29) is 30.7 Å². The molecule has 2 aliphatic rings. The number of nitrogens with one attached hydrogen (secondary N) is 1. The van der Waals surface area contributed by atoms with Crippen molar-refractivity contribution < 1.29 is 9.21 Å². The highest BCUT2D eigenvalue weighted by Crippen LogP contribution is 2.37. The second-order valence-electron chi connectivity index (χ2n) is 7.37. The minimum atomic E-state index is 0. The van der Waals surface area contributed by atoms with Gasteiger partial charge in [-0.15, -0.1) is 24.8 Å². The second kappa shape index (κ2) is 9.09. The maximum Gasteiger partial charge on any atom is 0.228 e. The van der Waals surface area contributed by atoms with Crippen molar-refractivity contribution >= 4 is 30.7 Å². The van der Waals surface area contributed by atoms with E-state index in [2.05, 4.69) is 10.3 Å². The molecule has 2 aliphatic heterocycles. The number of benzene rings is 1. The lowest BCUT2D eigenvalue weighted by Crippen LogP contribution is -2.44. The zero-order valence-electron chi connectivity index (χ0n) is 15.6. The third kappa shape index (κ3) is 4.65. The molecular formula is C20H27Cl2N3O2. The summed E-state index contributed by atoms with van der Waals surface area (Å²) in [6, 6.07) is 9.82. The van der Waals surface area contributed by atoms with Crippen molar-refractivity contribution in [1.29, 1.82) is 0 Å². The Bertz CT molecular complexity index is 748. The predicted octanol–water partition coefficient (Wildman–Crippen LogP) is 3.64. The molecule has 1 N–H and O–H groups in total. The molecule has 0 unspecified atom stereocenters. The summed E-state index contributed by atoms with van der Waals surface area (Å²) in [5.41, 5.74) is 2.13. The van der Waals surface area contributed by atoms with Crippen LogP contribution in [0.3, 0.4) is 0 Å². The van der Waals surface area contributed by atoms with Gasteiger partial charge in [0, 0.05) is 25.2 Å². The number of aromatic nitrogens is 1. The van der Waals surface area contributed by atoms with Crippen LogP contribution in [0.4, 0.5) is 0 Å². The molecule has 3 heterocycles. The molecule has 1 aromatic heterocycles. The van der Waals surface area contributed by atoms with Gasteiger partial charge in [-0.05, 0) is 50.3 Å². The molecule has 148 valence electrons. The Balaban J connectivity index is 0.00000131. The van der Waals surface area contributed by atoms with Crippen LogP contribution < -0.4 is 5.32 Å². The maximum absolute atomic E-state index is 12.7. The summed E-state index contributed by atoms with van der Waals surface area (Å²) in [4.78, 5) is 19.3. The van der Waals surface area contributed by atoms with Crippen LogP contribution in [0.2, 0.25) is 0 Å². The van der Waals surface area contributed by atoms with Crippen LogP contribution in [0, 0.1) is 12.3 Å². The van der Waals surface area contributed by atoms with Gasteiger partial charge in [0.1, 0.15) is 5.76 Å². The summed E-state index contributed by atoms with van der Waals surface area (Å²) in [5.74, 6) is 1.49. The molecule has 1 amide bonds. The number of hydrogen-bond donors (Lipinski definition) is 1. The number of piperidine rings is 1. The third-order valence-electron chi connectivity index (χ3n) is 5.74. The lowest BCUT2D eigenvalue weighted by molar-refractivity contribution is -0.132. The molecule has 4 rings (SSSR count). The van der Waals surface area contributed by atoms with Crippen LogP contribution >= 0.6 is 24.8 Å². The smallest absolute Gasteiger partial charge is 0.228 e. The second-order valence-corrected chi connectivity index (χ2v) is 7.37. The van der Waals surface area contributed by atoms with Gasteiger partial charge in [0.15, 0.2) is 0 Å². The Kier molecular flexibility index (Phi) is 7.32. The first-order valence-corrected chi connectivity index (χ1v) is 9.15. The summed E-state index contributed by atoms with van der Waals surface area (Å²) in [6.45, 7) is 5.84. The van der Waals surface area contributed by atoms with E-state index in [9.17, 15) is 4.79 Å². The van der Waals surface area contributed by atoms with Crippen LogP contribution in [0.25, 0.3) is 11.5 Å². The molecule has 27 heavy (non-hydrogen) atoms. The van der Waals surface area contributed by atoms with Crippen LogP contribution in [0.15, 0.2) is 34.7 Å². The van der Waals surface area contributed by atoms with Crippen LogP contribution in [-0.2, 0) is 11.2 Å². The fourth-order valence-electron chi connectivity index (χ4n) is 4.00. The summed E-state index contributed by atoms with van der Waals surface area (Å²) in [6.07, 6.45) is 3.79. The van der Waals surface area contributed by atoms with Gasteiger partial charge >= 0.3 is 0 Å². The number of rotatable bonds is 3. The van der Waals surface area contributed by atoms with Crippen molar-refractivity contribution in [2.24, 2.45) is 5.41 Å². The summed E-state index contributed by atoms with van der Waals surface area (Å²) < 4.78 is 5.77. The first-order valence-electron chi connectivity index (χ1n) is 9.15. The molecule has 2 aromatic rings.